The Morgan fingerprint density at radius 3 is 3.00 bits per heavy atom. The van der Waals surface area contributed by atoms with Gasteiger partial charge in [0, 0.05) is 35.7 Å². The van der Waals surface area contributed by atoms with Gasteiger partial charge in [-0.15, -0.1) is 11.3 Å². The second-order valence-corrected chi connectivity index (χ2v) is 7.87. The molecule has 4 rings (SSSR count). The van der Waals surface area contributed by atoms with Crippen molar-refractivity contribution < 1.29 is 9.13 Å². The van der Waals surface area contributed by atoms with Gasteiger partial charge in [0.15, 0.2) is 0 Å². The summed E-state index contributed by atoms with van der Waals surface area (Å²) in [6, 6.07) is 10.5. The van der Waals surface area contributed by atoms with Crippen LogP contribution in [0.5, 0.6) is 0 Å². The Labute approximate surface area is 160 Å². The molecule has 1 fully saturated rings. The summed E-state index contributed by atoms with van der Waals surface area (Å²) >= 11 is 7.78. The highest BCUT2D eigenvalue weighted by molar-refractivity contribution is 7.19. The third-order valence-corrected chi connectivity index (χ3v) is 5.96. The van der Waals surface area contributed by atoms with Crippen molar-refractivity contribution in [1.82, 2.24) is 4.98 Å². The number of anilines is 1. The zero-order valence-electron chi connectivity index (χ0n) is 14.0. The van der Waals surface area contributed by atoms with Crippen LogP contribution in [-0.4, -0.2) is 17.6 Å². The smallest absolute Gasteiger partial charge is 0.131 e. The predicted octanol–water partition coefficient (Wildman–Crippen LogP) is 4.88. The van der Waals surface area contributed by atoms with Crippen LogP contribution in [0.1, 0.15) is 29.4 Å². The normalized spacial score (nSPS) is 20.4. The number of rotatable bonds is 4. The largest absolute Gasteiger partial charge is 0.380 e. The van der Waals surface area contributed by atoms with E-state index in [1.165, 1.54) is 6.07 Å². The van der Waals surface area contributed by atoms with Gasteiger partial charge in [-0.2, -0.15) is 0 Å². The maximum absolute atomic E-state index is 13.9. The van der Waals surface area contributed by atoms with Crippen LogP contribution in [0.25, 0.3) is 10.2 Å². The Morgan fingerprint density at radius 1 is 1.35 bits per heavy atom. The molecule has 0 saturated carbocycles. The summed E-state index contributed by atoms with van der Waals surface area (Å²) in [6.45, 7) is 1.09. The minimum absolute atomic E-state index is 0.0119. The van der Waals surface area contributed by atoms with Crippen LogP contribution in [-0.2, 0) is 11.3 Å². The van der Waals surface area contributed by atoms with Gasteiger partial charge in [0.25, 0.3) is 0 Å². The lowest BCUT2D eigenvalue weighted by molar-refractivity contribution is 0.00239. The number of pyridine rings is 1. The molecule has 3 N–H and O–H groups in total. The number of fused-ring (bicyclic) bond motifs is 1. The van der Waals surface area contributed by atoms with E-state index in [4.69, 9.17) is 22.1 Å². The molecule has 2 aromatic heterocycles. The van der Waals surface area contributed by atoms with Crippen molar-refractivity contribution in [1.29, 1.82) is 0 Å². The number of hydrogen-bond donors (Lipinski definition) is 2. The molecule has 4 nitrogen and oxygen atoms in total. The van der Waals surface area contributed by atoms with E-state index in [1.807, 2.05) is 12.1 Å². The lowest BCUT2D eigenvalue weighted by Gasteiger charge is -2.27. The lowest BCUT2D eigenvalue weighted by atomic mass is 10.0. The van der Waals surface area contributed by atoms with E-state index in [1.54, 1.807) is 29.5 Å². The number of thiophene rings is 1. The zero-order chi connectivity index (χ0) is 18.1. The first-order chi connectivity index (χ1) is 12.6. The minimum Gasteiger partial charge on any atom is -0.380 e. The molecule has 0 aliphatic carbocycles. The molecule has 0 unspecified atom stereocenters. The van der Waals surface area contributed by atoms with Crippen LogP contribution in [0, 0.1) is 5.82 Å². The van der Waals surface area contributed by atoms with Gasteiger partial charge in [0.1, 0.15) is 17.1 Å². The SMILES string of the molecule is N[C@@H]1CCCO[C@H]1c1cc2nc(Cl)cc(NCc3ccccc3F)c2s1. The molecule has 1 saturated heterocycles. The predicted molar refractivity (Wildman–Crippen MR) is 104 cm³/mol. The fraction of sp³-hybridized carbons (Fsp3) is 0.316. The van der Waals surface area contributed by atoms with Crippen molar-refractivity contribution >= 4 is 38.8 Å². The topological polar surface area (TPSA) is 60.2 Å². The standard InChI is InChI=1S/C19H19ClFN3OS/c20-17-9-14(23-10-11-4-1-2-5-12(11)21)19-15(24-17)8-16(26-19)18-13(22)6-3-7-25-18/h1-2,4-5,8-9,13,18H,3,6-7,10,22H2,(H,23,24)/t13-,18-/m1/s1. The summed E-state index contributed by atoms with van der Waals surface area (Å²) in [5, 5.41) is 3.68. The number of aromatic nitrogens is 1. The number of nitrogens with one attached hydrogen (secondary N) is 1. The van der Waals surface area contributed by atoms with E-state index in [0.29, 0.717) is 17.3 Å². The molecule has 0 spiro atoms. The van der Waals surface area contributed by atoms with Gasteiger partial charge in [-0.05, 0) is 25.0 Å². The van der Waals surface area contributed by atoms with Crippen LogP contribution in [0.2, 0.25) is 5.15 Å². The Morgan fingerprint density at radius 2 is 2.19 bits per heavy atom. The number of nitrogens with zero attached hydrogens (tertiary/aromatic N) is 1. The molecular formula is C19H19ClFN3OS. The average molecular weight is 392 g/mol. The fourth-order valence-electron chi connectivity index (χ4n) is 3.21. The van der Waals surface area contributed by atoms with E-state index >= 15 is 0 Å². The molecule has 1 aliphatic heterocycles. The van der Waals surface area contributed by atoms with Gasteiger partial charge in [0.05, 0.1) is 15.9 Å². The molecule has 26 heavy (non-hydrogen) atoms. The van der Waals surface area contributed by atoms with E-state index in [9.17, 15) is 4.39 Å². The first-order valence-corrected chi connectivity index (χ1v) is 9.76. The van der Waals surface area contributed by atoms with Crippen LogP contribution in [0.4, 0.5) is 10.1 Å². The minimum atomic E-state index is -0.232. The quantitative estimate of drug-likeness (QED) is 0.622. The molecule has 0 radical (unpaired) electrons. The number of ether oxygens (including phenoxy) is 1. The average Bonchev–Trinajstić information content (AvgIpc) is 3.05. The van der Waals surface area contributed by atoms with Crippen molar-refractivity contribution in [3.05, 3.63) is 57.8 Å². The van der Waals surface area contributed by atoms with Crippen molar-refractivity contribution in [2.24, 2.45) is 5.73 Å². The molecule has 3 heterocycles. The lowest BCUT2D eigenvalue weighted by Crippen LogP contribution is -2.33. The van der Waals surface area contributed by atoms with Crippen molar-refractivity contribution in [2.75, 3.05) is 11.9 Å². The second kappa shape index (κ2) is 7.48. The molecule has 1 aliphatic rings. The fourth-order valence-corrected chi connectivity index (χ4v) is 4.62. The van der Waals surface area contributed by atoms with Crippen LogP contribution >= 0.6 is 22.9 Å². The monoisotopic (exact) mass is 391 g/mol. The van der Waals surface area contributed by atoms with Crippen LogP contribution in [0.3, 0.4) is 0 Å². The van der Waals surface area contributed by atoms with Gasteiger partial charge in [-0.1, -0.05) is 29.8 Å². The molecular weight excluding hydrogens is 373 g/mol. The maximum Gasteiger partial charge on any atom is 0.131 e. The van der Waals surface area contributed by atoms with Crippen molar-refractivity contribution in [3.63, 3.8) is 0 Å². The second-order valence-electron chi connectivity index (χ2n) is 6.40. The first kappa shape index (κ1) is 17.7. The molecule has 3 aromatic rings. The van der Waals surface area contributed by atoms with E-state index < -0.39 is 0 Å². The van der Waals surface area contributed by atoms with E-state index in [0.717, 1.165) is 40.2 Å². The summed E-state index contributed by atoms with van der Waals surface area (Å²) in [4.78, 5) is 5.47. The molecule has 0 bridgehead atoms. The van der Waals surface area contributed by atoms with Gasteiger partial charge >= 0.3 is 0 Å². The van der Waals surface area contributed by atoms with Crippen LogP contribution in [0.15, 0.2) is 36.4 Å². The number of hydrogen-bond acceptors (Lipinski definition) is 5. The van der Waals surface area contributed by atoms with Gasteiger partial charge in [0.2, 0.25) is 0 Å². The maximum atomic E-state index is 13.9. The summed E-state index contributed by atoms with van der Waals surface area (Å²) < 4.78 is 20.7. The Bertz CT molecular complexity index is 932. The Kier molecular flexibility index (Phi) is 5.09. The highest BCUT2D eigenvalue weighted by atomic mass is 35.5. The van der Waals surface area contributed by atoms with Crippen molar-refractivity contribution in [2.45, 2.75) is 31.5 Å². The zero-order valence-corrected chi connectivity index (χ0v) is 15.6. The third-order valence-electron chi connectivity index (χ3n) is 4.54. The molecule has 7 heteroatoms. The molecule has 2 atom stereocenters. The molecule has 136 valence electrons. The van der Waals surface area contributed by atoms with Gasteiger partial charge in [-0.3, -0.25) is 0 Å². The number of nitrogens with two attached hydrogens (primary N) is 1. The highest BCUT2D eigenvalue weighted by Crippen LogP contribution is 2.39. The number of halogens is 2. The summed E-state index contributed by atoms with van der Waals surface area (Å²) in [7, 11) is 0. The Balaban J connectivity index is 1.65. The van der Waals surface area contributed by atoms with Crippen LogP contribution < -0.4 is 11.1 Å². The third kappa shape index (κ3) is 3.55. The first-order valence-electron chi connectivity index (χ1n) is 8.56. The summed E-state index contributed by atoms with van der Waals surface area (Å²) in [5.41, 5.74) is 8.47. The van der Waals surface area contributed by atoms with E-state index in [-0.39, 0.29) is 18.0 Å². The molecule has 0 amide bonds. The summed E-state index contributed by atoms with van der Waals surface area (Å²) in [5.74, 6) is -0.232. The number of benzene rings is 1. The van der Waals surface area contributed by atoms with Crippen molar-refractivity contribution in [3.8, 4) is 0 Å². The van der Waals surface area contributed by atoms with E-state index in [2.05, 4.69) is 10.3 Å². The highest BCUT2D eigenvalue weighted by Gasteiger charge is 2.26. The van der Waals surface area contributed by atoms with Gasteiger partial charge in [-0.25, -0.2) is 9.37 Å². The summed E-state index contributed by atoms with van der Waals surface area (Å²) in [6.07, 6.45) is 1.83. The Hall–Kier alpha value is -1.73. The molecule has 1 aromatic carbocycles. The van der Waals surface area contributed by atoms with Gasteiger partial charge < -0.3 is 15.8 Å².